The highest BCUT2D eigenvalue weighted by Gasteiger charge is 2.19. The number of hydrogen-bond acceptors (Lipinski definition) is 5. The van der Waals surface area contributed by atoms with Crippen molar-refractivity contribution in [1.82, 2.24) is 4.98 Å². The van der Waals surface area contributed by atoms with Crippen LogP contribution in [-0.2, 0) is 10.0 Å². The minimum absolute atomic E-state index is 0.0865. The zero-order chi connectivity index (χ0) is 14.2. The Hall–Kier alpha value is -1.60. The number of nitrogens with two attached hydrogens (primary N) is 1. The summed E-state index contributed by atoms with van der Waals surface area (Å²) in [4.78, 5) is 4.16. The van der Waals surface area contributed by atoms with Gasteiger partial charge in [-0.25, -0.2) is 13.4 Å². The van der Waals surface area contributed by atoms with Crippen LogP contribution in [0.3, 0.4) is 0 Å². The number of aryl methyl sites for hydroxylation is 3. The molecule has 0 amide bonds. The van der Waals surface area contributed by atoms with Gasteiger partial charge in [0.2, 0.25) is 0 Å². The molecule has 7 heteroatoms. The van der Waals surface area contributed by atoms with Crippen LogP contribution in [0.5, 0.6) is 0 Å². The van der Waals surface area contributed by atoms with Gasteiger partial charge in [-0.3, -0.25) is 4.72 Å². The molecule has 0 atom stereocenters. The third-order valence-electron chi connectivity index (χ3n) is 2.76. The topological polar surface area (TPSA) is 85.1 Å². The lowest BCUT2D eigenvalue weighted by atomic mass is 10.1. The van der Waals surface area contributed by atoms with Crippen molar-refractivity contribution in [1.29, 1.82) is 0 Å². The molecule has 19 heavy (non-hydrogen) atoms. The molecule has 0 saturated heterocycles. The van der Waals surface area contributed by atoms with E-state index in [4.69, 9.17) is 5.73 Å². The first kappa shape index (κ1) is 13.8. The number of nitrogens with one attached hydrogen (secondary N) is 1. The second-order valence-corrected chi connectivity index (χ2v) is 6.88. The molecule has 0 aliphatic rings. The largest absolute Gasteiger partial charge is 0.398 e. The normalized spacial score (nSPS) is 11.5. The number of hydrogen-bond donors (Lipinski definition) is 2. The van der Waals surface area contributed by atoms with Crippen LogP contribution in [0.4, 0.5) is 10.8 Å². The van der Waals surface area contributed by atoms with Crippen LogP contribution in [0, 0.1) is 20.8 Å². The molecule has 1 aromatic carbocycles. The number of aromatic nitrogens is 1. The summed E-state index contributed by atoms with van der Waals surface area (Å²) in [6, 6.07) is 3.24. The van der Waals surface area contributed by atoms with Crippen molar-refractivity contribution in [3.05, 3.63) is 34.3 Å². The number of nitrogen functional groups attached to an aromatic ring is 1. The molecule has 0 aliphatic heterocycles. The number of thiazole rings is 1. The summed E-state index contributed by atoms with van der Waals surface area (Å²) in [5.41, 5.74) is 8.65. The summed E-state index contributed by atoms with van der Waals surface area (Å²) in [5, 5.41) is 2.12. The maximum absolute atomic E-state index is 12.3. The highest BCUT2D eigenvalue weighted by Crippen LogP contribution is 2.26. The van der Waals surface area contributed by atoms with E-state index < -0.39 is 10.0 Å². The highest BCUT2D eigenvalue weighted by molar-refractivity contribution is 7.93. The molecule has 0 unspecified atom stereocenters. The van der Waals surface area contributed by atoms with Crippen LogP contribution in [0.1, 0.15) is 16.8 Å². The summed E-state index contributed by atoms with van der Waals surface area (Å²) in [7, 11) is -3.70. The van der Waals surface area contributed by atoms with Gasteiger partial charge in [0.15, 0.2) is 5.13 Å². The number of rotatable bonds is 3. The number of sulfonamides is 1. The fraction of sp³-hybridized carbons (Fsp3) is 0.250. The Balaban J connectivity index is 2.42. The molecule has 0 fully saturated rings. The predicted octanol–water partition coefficient (Wildman–Crippen LogP) is 2.45. The summed E-state index contributed by atoms with van der Waals surface area (Å²) >= 11 is 1.24. The lowest BCUT2D eigenvalue weighted by molar-refractivity contribution is 0.601. The SMILES string of the molecule is Cc1csc(NS(=O)(=O)c2cc(C)c(C)cc2N)n1. The lowest BCUT2D eigenvalue weighted by Crippen LogP contribution is -2.15. The van der Waals surface area contributed by atoms with Gasteiger partial charge < -0.3 is 5.73 Å². The van der Waals surface area contributed by atoms with Gasteiger partial charge in [0, 0.05) is 5.38 Å². The number of nitrogens with zero attached hydrogens (tertiary/aromatic N) is 1. The fourth-order valence-electron chi connectivity index (χ4n) is 1.62. The Morgan fingerprint density at radius 3 is 2.42 bits per heavy atom. The van der Waals surface area contributed by atoms with Gasteiger partial charge in [-0.15, -0.1) is 11.3 Å². The van der Waals surface area contributed by atoms with Gasteiger partial charge in [-0.2, -0.15) is 0 Å². The molecule has 2 rings (SSSR count). The van der Waals surface area contributed by atoms with Crippen LogP contribution in [0.25, 0.3) is 0 Å². The van der Waals surface area contributed by atoms with E-state index >= 15 is 0 Å². The molecule has 102 valence electrons. The number of benzene rings is 1. The van der Waals surface area contributed by atoms with Crippen molar-refractivity contribution in [3.8, 4) is 0 Å². The standard InChI is InChI=1S/C12H15N3O2S2/c1-7-4-10(13)11(5-8(7)2)19(16,17)15-12-14-9(3)6-18-12/h4-6H,13H2,1-3H3,(H,14,15). The van der Waals surface area contributed by atoms with E-state index in [1.54, 1.807) is 24.4 Å². The van der Waals surface area contributed by atoms with Crippen LogP contribution >= 0.6 is 11.3 Å². The second kappa shape index (κ2) is 4.82. The second-order valence-electron chi connectivity index (χ2n) is 4.37. The number of anilines is 2. The van der Waals surface area contributed by atoms with Gasteiger partial charge in [0.25, 0.3) is 10.0 Å². The molecule has 5 nitrogen and oxygen atoms in total. The molecule has 0 saturated carbocycles. The van der Waals surface area contributed by atoms with E-state index in [9.17, 15) is 8.42 Å². The summed E-state index contributed by atoms with van der Waals surface area (Å²) in [6.07, 6.45) is 0. The Kier molecular flexibility index (Phi) is 3.51. The smallest absolute Gasteiger partial charge is 0.265 e. The van der Waals surface area contributed by atoms with Crippen molar-refractivity contribution >= 4 is 32.2 Å². The molecule has 0 spiro atoms. The van der Waals surface area contributed by atoms with Crippen molar-refractivity contribution in [2.75, 3.05) is 10.5 Å². The van der Waals surface area contributed by atoms with E-state index in [0.29, 0.717) is 5.13 Å². The van der Waals surface area contributed by atoms with Gasteiger partial charge >= 0.3 is 0 Å². The molecule has 2 aromatic rings. The molecule has 0 aliphatic carbocycles. The summed E-state index contributed by atoms with van der Waals surface area (Å²) in [5.74, 6) is 0. The first-order valence-corrected chi connectivity index (χ1v) is 7.97. The average molecular weight is 297 g/mol. The van der Waals surface area contributed by atoms with Gasteiger partial charge in [-0.05, 0) is 44.0 Å². The third-order valence-corrected chi connectivity index (χ3v) is 5.16. The zero-order valence-electron chi connectivity index (χ0n) is 10.9. The third kappa shape index (κ3) is 2.87. The maximum atomic E-state index is 12.3. The first-order valence-electron chi connectivity index (χ1n) is 5.61. The zero-order valence-corrected chi connectivity index (χ0v) is 12.5. The molecule has 3 N–H and O–H groups in total. The van der Waals surface area contributed by atoms with E-state index in [1.165, 1.54) is 11.3 Å². The Morgan fingerprint density at radius 1 is 1.21 bits per heavy atom. The van der Waals surface area contributed by atoms with Crippen LogP contribution in [-0.4, -0.2) is 13.4 Å². The lowest BCUT2D eigenvalue weighted by Gasteiger charge is -2.10. The highest BCUT2D eigenvalue weighted by atomic mass is 32.2. The van der Waals surface area contributed by atoms with E-state index in [1.807, 2.05) is 13.8 Å². The van der Waals surface area contributed by atoms with Crippen molar-refractivity contribution in [3.63, 3.8) is 0 Å². The molecular formula is C12H15N3O2S2. The van der Waals surface area contributed by atoms with Crippen LogP contribution < -0.4 is 10.5 Å². The van der Waals surface area contributed by atoms with Crippen molar-refractivity contribution in [2.24, 2.45) is 0 Å². The molecule has 0 bridgehead atoms. The Bertz CT molecular complexity index is 721. The fourth-order valence-corrected chi connectivity index (χ4v) is 3.76. The van der Waals surface area contributed by atoms with Crippen molar-refractivity contribution < 1.29 is 8.42 Å². The van der Waals surface area contributed by atoms with Crippen LogP contribution in [0.15, 0.2) is 22.4 Å². The maximum Gasteiger partial charge on any atom is 0.265 e. The van der Waals surface area contributed by atoms with Crippen molar-refractivity contribution in [2.45, 2.75) is 25.7 Å². The monoisotopic (exact) mass is 297 g/mol. The summed E-state index contributed by atoms with van der Waals surface area (Å²) < 4.78 is 27.0. The molecule has 1 heterocycles. The molecular weight excluding hydrogens is 282 g/mol. The minimum Gasteiger partial charge on any atom is -0.398 e. The molecule has 0 radical (unpaired) electrons. The Labute approximate surface area is 116 Å². The van der Waals surface area contributed by atoms with Gasteiger partial charge in [-0.1, -0.05) is 0 Å². The average Bonchev–Trinajstić information content (AvgIpc) is 2.68. The minimum atomic E-state index is -3.70. The van der Waals surface area contributed by atoms with Crippen LogP contribution in [0.2, 0.25) is 0 Å². The Morgan fingerprint density at radius 2 is 1.84 bits per heavy atom. The van der Waals surface area contributed by atoms with E-state index in [0.717, 1.165) is 16.8 Å². The quantitative estimate of drug-likeness (QED) is 0.852. The summed E-state index contributed by atoms with van der Waals surface area (Å²) in [6.45, 7) is 5.54. The van der Waals surface area contributed by atoms with E-state index in [2.05, 4.69) is 9.71 Å². The van der Waals surface area contributed by atoms with Gasteiger partial charge in [0.05, 0.1) is 11.4 Å². The first-order chi connectivity index (χ1) is 8.79. The van der Waals surface area contributed by atoms with Gasteiger partial charge in [0.1, 0.15) is 4.90 Å². The van der Waals surface area contributed by atoms with E-state index in [-0.39, 0.29) is 10.6 Å². The predicted molar refractivity (Wildman–Crippen MR) is 78.0 cm³/mol. The molecule has 1 aromatic heterocycles.